The van der Waals surface area contributed by atoms with Crippen LogP contribution < -0.4 is 10.6 Å². The number of halogens is 1. The van der Waals surface area contributed by atoms with Gasteiger partial charge in [0.1, 0.15) is 12.1 Å². The molecule has 7 heteroatoms. The lowest BCUT2D eigenvalue weighted by Gasteiger charge is -2.32. The van der Waals surface area contributed by atoms with E-state index in [4.69, 9.17) is 11.6 Å². The van der Waals surface area contributed by atoms with E-state index in [0.717, 1.165) is 0 Å². The quantitative estimate of drug-likeness (QED) is 0.835. The highest BCUT2D eigenvalue weighted by Gasteiger charge is 2.45. The molecule has 0 aromatic heterocycles. The van der Waals surface area contributed by atoms with Crippen molar-refractivity contribution in [1.29, 1.82) is 0 Å². The Bertz CT molecular complexity index is 649. The summed E-state index contributed by atoms with van der Waals surface area (Å²) < 4.78 is 0. The van der Waals surface area contributed by atoms with Gasteiger partial charge in [-0.05, 0) is 31.5 Å². The molecule has 1 aromatic rings. The van der Waals surface area contributed by atoms with Crippen LogP contribution in [0.2, 0.25) is 5.02 Å². The van der Waals surface area contributed by atoms with E-state index in [1.165, 1.54) is 0 Å². The third-order valence-corrected chi connectivity index (χ3v) is 4.27. The summed E-state index contributed by atoms with van der Waals surface area (Å²) >= 11 is 5.87. The number of fused-ring (bicyclic) bond motifs is 1. The van der Waals surface area contributed by atoms with E-state index in [9.17, 15) is 14.4 Å². The Labute approximate surface area is 132 Å². The average Bonchev–Trinajstić information content (AvgIpc) is 2.89. The molecule has 2 aliphatic heterocycles. The molecule has 0 bridgehead atoms. The lowest BCUT2D eigenvalue weighted by Crippen LogP contribution is -2.60. The minimum atomic E-state index is -0.508. The molecule has 1 aromatic carbocycles. The van der Waals surface area contributed by atoms with Gasteiger partial charge in [0, 0.05) is 23.2 Å². The van der Waals surface area contributed by atoms with Crippen LogP contribution in [0.15, 0.2) is 24.3 Å². The van der Waals surface area contributed by atoms with Crippen LogP contribution in [0.1, 0.15) is 23.7 Å². The molecule has 116 valence electrons. The van der Waals surface area contributed by atoms with Crippen LogP contribution in [0.5, 0.6) is 0 Å². The molecule has 0 unspecified atom stereocenters. The maximum atomic E-state index is 12.2. The number of nitrogens with zero attached hydrogens (tertiary/aromatic N) is 1. The molecule has 2 N–H and O–H groups in total. The van der Waals surface area contributed by atoms with Crippen molar-refractivity contribution in [2.45, 2.75) is 31.5 Å². The smallest absolute Gasteiger partial charge is 0.251 e. The van der Waals surface area contributed by atoms with E-state index < -0.39 is 12.1 Å². The maximum Gasteiger partial charge on any atom is 0.251 e. The Kier molecular flexibility index (Phi) is 3.78. The third kappa shape index (κ3) is 2.66. The standard InChI is InChI=1S/C15H16ClN3O3/c1-8-15(22)19-7-11(6-12(19)14(21)17-8)18-13(20)9-3-2-4-10(16)5-9/h2-5,8,11-12H,6-7H2,1H3,(H,17,21)(H,18,20)/t8-,11+,12+/m1/s1. The largest absolute Gasteiger partial charge is 0.347 e. The highest BCUT2D eigenvalue weighted by molar-refractivity contribution is 6.30. The molecule has 0 spiro atoms. The van der Waals surface area contributed by atoms with Crippen molar-refractivity contribution in [2.24, 2.45) is 0 Å². The number of hydrogen-bond acceptors (Lipinski definition) is 3. The zero-order valence-corrected chi connectivity index (χ0v) is 12.8. The summed E-state index contributed by atoms with van der Waals surface area (Å²) in [5.74, 6) is -0.524. The monoisotopic (exact) mass is 321 g/mol. The summed E-state index contributed by atoms with van der Waals surface area (Å²) in [6, 6.07) is 5.41. The minimum absolute atomic E-state index is 0.107. The number of amides is 3. The zero-order chi connectivity index (χ0) is 15.9. The number of piperazine rings is 1. The predicted molar refractivity (Wildman–Crippen MR) is 80.4 cm³/mol. The summed E-state index contributed by atoms with van der Waals surface area (Å²) in [4.78, 5) is 37.8. The molecule has 3 amide bonds. The number of carbonyl (C=O) groups is 3. The van der Waals surface area contributed by atoms with Crippen molar-refractivity contribution in [2.75, 3.05) is 6.54 Å². The first-order valence-electron chi connectivity index (χ1n) is 7.13. The molecular formula is C15H16ClN3O3. The molecule has 2 saturated heterocycles. The van der Waals surface area contributed by atoms with Gasteiger partial charge < -0.3 is 15.5 Å². The van der Waals surface area contributed by atoms with Crippen molar-refractivity contribution >= 4 is 29.3 Å². The Balaban J connectivity index is 1.69. The highest BCUT2D eigenvalue weighted by atomic mass is 35.5. The normalized spacial score (nSPS) is 27.4. The second-order valence-electron chi connectivity index (χ2n) is 5.65. The molecule has 3 rings (SSSR count). The zero-order valence-electron chi connectivity index (χ0n) is 12.0. The molecule has 0 saturated carbocycles. The van der Waals surface area contributed by atoms with Crippen LogP contribution >= 0.6 is 11.6 Å². The fraction of sp³-hybridized carbons (Fsp3) is 0.400. The molecule has 3 atom stereocenters. The van der Waals surface area contributed by atoms with Crippen LogP contribution in [-0.4, -0.2) is 47.3 Å². The summed E-state index contributed by atoms with van der Waals surface area (Å²) in [6.07, 6.45) is 0.427. The molecule has 0 radical (unpaired) electrons. The second-order valence-corrected chi connectivity index (χ2v) is 6.09. The van der Waals surface area contributed by atoms with Gasteiger partial charge in [0.05, 0.1) is 0 Å². The first-order valence-corrected chi connectivity index (χ1v) is 7.51. The van der Waals surface area contributed by atoms with Gasteiger partial charge in [-0.3, -0.25) is 14.4 Å². The summed E-state index contributed by atoms with van der Waals surface area (Å²) in [6.45, 7) is 2.02. The van der Waals surface area contributed by atoms with Gasteiger partial charge >= 0.3 is 0 Å². The molecule has 6 nitrogen and oxygen atoms in total. The molecule has 2 aliphatic rings. The van der Waals surface area contributed by atoms with Crippen molar-refractivity contribution in [3.63, 3.8) is 0 Å². The third-order valence-electron chi connectivity index (χ3n) is 4.04. The first-order chi connectivity index (χ1) is 10.5. The van der Waals surface area contributed by atoms with E-state index in [0.29, 0.717) is 23.6 Å². The van der Waals surface area contributed by atoms with Crippen molar-refractivity contribution in [1.82, 2.24) is 15.5 Å². The fourth-order valence-electron chi connectivity index (χ4n) is 2.95. The van der Waals surface area contributed by atoms with Crippen molar-refractivity contribution in [3.8, 4) is 0 Å². The SMILES string of the molecule is C[C@H]1NC(=O)[C@@H]2C[C@H](NC(=O)c3cccc(Cl)c3)CN2C1=O. The number of nitrogens with one attached hydrogen (secondary N) is 2. The summed E-state index contributed by atoms with van der Waals surface area (Å²) in [5.41, 5.74) is 0.460. The minimum Gasteiger partial charge on any atom is -0.347 e. The molecular weight excluding hydrogens is 306 g/mol. The molecule has 2 heterocycles. The molecule has 2 fully saturated rings. The Hall–Kier alpha value is -2.08. The van der Waals surface area contributed by atoms with Crippen LogP contribution in [0.4, 0.5) is 0 Å². The Morgan fingerprint density at radius 3 is 2.91 bits per heavy atom. The average molecular weight is 322 g/mol. The molecule has 0 aliphatic carbocycles. The van der Waals surface area contributed by atoms with Gasteiger partial charge in [0.2, 0.25) is 11.8 Å². The van der Waals surface area contributed by atoms with Gasteiger partial charge in [-0.25, -0.2) is 0 Å². The predicted octanol–water partition coefficient (Wildman–Crippen LogP) is 0.558. The summed E-state index contributed by atoms with van der Waals surface area (Å²) in [7, 11) is 0. The number of hydrogen-bond donors (Lipinski definition) is 2. The van der Waals surface area contributed by atoms with Crippen LogP contribution in [0.3, 0.4) is 0 Å². The number of benzene rings is 1. The van der Waals surface area contributed by atoms with Crippen LogP contribution in [0, 0.1) is 0 Å². The fourth-order valence-corrected chi connectivity index (χ4v) is 3.14. The van der Waals surface area contributed by atoms with Crippen molar-refractivity contribution in [3.05, 3.63) is 34.9 Å². The van der Waals surface area contributed by atoms with Crippen molar-refractivity contribution < 1.29 is 14.4 Å². The second kappa shape index (κ2) is 5.61. The van der Waals surface area contributed by atoms with Gasteiger partial charge in [-0.1, -0.05) is 17.7 Å². The highest BCUT2D eigenvalue weighted by Crippen LogP contribution is 2.23. The van der Waals surface area contributed by atoms with Crippen LogP contribution in [0.25, 0.3) is 0 Å². The first kappa shape index (κ1) is 14.8. The summed E-state index contributed by atoms with van der Waals surface area (Å²) in [5, 5.41) is 6.00. The lowest BCUT2D eigenvalue weighted by atomic mass is 10.1. The molecule has 22 heavy (non-hydrogen) atoms. The van der Waals surface area contributed by atoms with Gasteiger partial charge in [0.25, 0.3) is 5.91 Å². The van der Waals surface area contributed by atoms with E-state index in [-0.39, 0.29) is 23.8 Å². The van der Waals surface area contributed by atoms with Gasteiger partial charge in [-0.2, -0.15) is 0 Å². The number of rotatable bonds is 2. The van der Waals surface area contributed by atoms with Crippen LogP contribution in [-0.2, 0) is 9.59 Å². The van der Waals surface area contributed by atoms with E-state index in [1.54, 1.807) is 36.1 Å². The Morgan fingerprint density at radius 2 is 2.18 bits per heavy atom. The Morgan fingerprint density at radius 1 is 1.41 bits per heavy atom. The van der Waals surface area contributed by atoms with Gasteiger partial charge in [-0.15, -0.1) is 0 Å². The van der Waals surface area contributed by atoms with Gasteiger partial charge in [0.15, 0.2) is 0 Å². The topological polar surface area (TPSA) is 78.5 Å². The maximum absolute atomic E-state index is 12.2. The van der Waals surface area contributed by atoms with E-state index in [1.807, 2.05) is 0 Å². The lowest BCUT2D eigenvalue weighted by molar-refractivity contribution is -0.146. The number of carbonyl (C=O) groups excluding carboxylic acids is 3. The van der Waals surface area contributed by atoms with E-state index in [2.05, 4.69) is 10.6 Å². The van der Waals surface area contributed by atoms with E-state index >= 15 is 0 Å².